The molecule has 1 aliphatic heterocycles. The van der Waals surface area contributed by atoms with Gasteiger partial charge in [-0.2, -0.15) is 13.2 Å². The molecule has 1 aromatic rings. The molecule has 0 aliphatic carbocycles. The lowest BCUT2D eigenvalue weighted by Crippen LogP contribution is -2.43. The highest BCUT2D eigenvalue weighted by atomic mass is 19.4. The van der Waals surface area contributed by atoms with E-state index in [2.05, 4.69) is 15.0 Å². The van der Waals surface area contributed by atoms with E-state index in [4.69, 9.17) is 4.74 Å². The van der Waals surface area contributed by atoms with Crippen LogP contribution in [-0.2, 0) is 9.57 Å². The number of carbonyl (C=O) groups is 1. The van der Waals surface area contributed by atoms with Gasteiger partial charge in [0.05, 0.1) is 11.9 Å². The van der Waals surface area contributed by atoms with Crippen LogP contribution in [0.3, 0.4) is 0 Å². The Morgan fingerprint density at radius 3 is 2.39 bits per heavy atom. The third-order valence-electron chi connectivity index (χ3n) is 3.91. The molecule has 0 N–H and O–H groups in total. The van der Waals surface area contributed by atoms with Crippen LogP contribution in [0.4, 0.5) is 22.4 Å². The number of pyridine rings is 1. The van der Waals surface area contributed by atoms with Crippen molar-refractivity contribution >= 4 is 11.8 Å². The summed E-state index contributed by atoms with van der Waals surface area (Å²) in [5, 5.41) is 3.64. The van der Waals surface area contributed by atoms with E-state index in [1.165, 1.54) is 11.0 Å². The molecule has 1 amide bonds. The van der Waals surface area contributed by atoms with Crippen LogP contribution in [0.5, 0.6) is 0 Å². The number of amides is 1. The molecule has 2 rings (SSSR count). The topological polar surface area (TPSA) is 64.0 Å². The molecule has 0 atom stereocenters. The van der Waals surface area contributed by atoms with E-state index in [9.17, 15) is 22.4 Å². The average Bonchev–Trinajstić information content (AvgIpc) is 2.58. The number of ether oxygens (including phenoxy) is 1. The number of hydrogen-bond donors (Lipinski definition) is 0. The second-order valence-corrected chi connectivity index (χ2v) is 7.47. The molecule has 1 saturated heterocycles. The molecule has 1 aromatic heterocycles. The van der Waals surface area contributed by atoms with E-state index in [-0.39, 0.29) is 17.3 Å². The molecule has 1 fully saturated rings. The molecule has 2 heterocycles. The number of oxime groups is 1. The van der Waals surface area contributed by atoms with Crippen molar-refractivity contribution in [3.63, 3.8) is 0 Å². The van der Waals surface area contributed by atoms with Crippen LogP contribution in [0.1, 0.15) is 39.3 Å². The monoisotopic (exact) mass is 405 g/mol. The van der Waals surface area contributed by atoms with Gasteiger partial charge in [0.25, 0.3) is 0 Å². The fraction of sp³-hybridized carbons (Fsp3) is 0.611. The maximum absolute atomic E-state index is 13.1. The third-order valence-corrected chi connectivity index (χ3v) is 3.91. The van der Waals surface area contributed by atoms with Crippen LogP contribution in [0, 0.1) is 11.7 Å². The van der Waals surface area contributed by atoms with Crippen molar-refractivity contribution in [2.75, 3.05) is 19.7 Å². The molecule has 0 aromatic carbocycles. The average molecular weight is 405 g/mol. The highest BCUT2D eigenvalue weighted by Crippen LogP contribution is 2.24. The summed E-state index contributed by atoms with van der Waals surface area (Å²) in [4.78, 5) is 22.0. The van der Waals surface area contributed by atoms with Crippen LogP contribution in [0.2, 0.25) is 0 Å². The molecule has 6 nitrogen and oxygen atoms in total. The minimum absolute atomic E-state index is 0.202. The Kier molecular flexibility index (Phi) is 6.84. The van der Waals surface area contributed by atoms with E-state index in [0.29, 0.717) is 25.9 Å². The van der Waals surface area contributed by atoms with Crippen LogP contribution >= 0.6 is 0 Å². The Morgan fingerprint density at radius 2 is 1.89 bits per heavy atom. The van der Waals surface area contributed by atoms with Gasteiger partial charge in [-0.15, -0.1) is 0 Å². The van der Waals surface area contributed by atoms with Crippen molar-refractivity contribution in [2.24, 2.45) is 11.1 Å². The molecule has 0 spiro atoms. The van der Waals surface area contributed by atoms with Gasteiger partial charge in [-0.25, -0.2) is 9.18 Å². The van der Waals surface area contributed by atoms with Crippen LogP contribution in [0.25, 0.3) is 0 Å². The summed E-state index contributed by atoms with van der Waals surface area (Å²) in [7, 11) is 0. The van der Waals surface area contributed by atoms with Crippen molar-refractivity contribution in [1.29, 1.82) is 0 Å². The van der Waals surface area contributed by atoms with E-state index in [1.54, 1.807) is 20.8 Å². The minimum atomic E-state index is -4.52. The smallest absolute Gasteiger partial charge is 0.425 e. The Hall–Kier alpha value is -2.39. The lowest BCUT2D eigenvalue weighted by Gasteiger charge is -2.33. The predicted molar refractivity (Wildman–Crippen MR) is 93.3 cm³/mol. The molecule has 0 radical (unpaired) electrons. The standard InChI is InChI=1S/C18H23F4N3O3/c1-17(2,3)28-16(26)25-8-6-12(7-9-25)15(24-27-11-18(20,21)22)14-5-4-13(19)10-23-14/h4-5,10,12H,6-9,11H2,1-3H3/b24-15+. The second kappa shape index (κ2) is 8.74. The number of alkyl halides is 3. The number of likely N-dealkylation sites (tertiary alicyclic amines) is 1. The van der Waals surface area contributed by atoms with Crippen molar-refractivity contribution in [3.8, 4) is 0 Å². The summed E-state index contributed by atoms with van der Waals surface area (Å²) >= 11 is 0. The summed E-state index contributed by atoms with van der Waals surface area (Å²) in [5.74, 6) is -0.857. The zero-order valence-electron chi connectivity index (χ0n) is 15.9. The highest BCUT2D eigenvalue weighted by Gasteiger charge is 2.32. The van der Waals surface area contributed by atoms with Gasteiger partial charge in [-0.3, -0.25) is 4.98 Å². The first-order valence-corrected chi connectivity index (χ1v) is 8.81. The summed E-state index contributed by atoms with van der Waals surface area (Å²) < 4.78 is 55.5. The maximum atomic E-state index is 13.1. The lowest BCUT2D eigenvalue weighted by atomic mass is 9.90. The molecule has 0 bridgehead atoms. The number of aromatic nitrogens is 1. The number of nitrogens with zero attached hydrogens (tertiary/aromatic N) is 3. The first-order chi connectivity index (χ1) is 12.9. The zero-order valence-corrected chi connectivity index (χ0v) is 15.9. The second-order valence-electron chi connectivity index (χ2n) is 7.47. The highest BCUT2D eigenvalue weighted by molar-refractivity contribution is 6.00. The number of hydrogen-bond acceptors (Lipinski definition) is 5. The summed E-state index contributed by atoms with van der Waals surface area (Å²) in [6.45, 7) is 4.45. The minimum Gasteiger partial charge on any atom is -0.444 e. The summed E-state index contributed by atoms with van der Waals surface area (Å²) in [5.41, 5.74) is -0.184. The van der Waals surface area contributed by atoms with Crippen LogP contribution in [0.15, 0.2) is 23.5 Å². The quantitative estimate of drug-likeness (QED) is 0.429. The van der Waals surface area contributed by atoms with E-state index in [1.807, 2.05) is 0 Å². The van der Waals surface area contributed by atoms with Gasteiger partial charge in [0.2, 0.25) is 6.61 Å². The number of halogens is 4. The van der Waals surface area contributed by atoms with Gasteiger partial charge in [0.15, 0.2) is 0 Å². The SMILES string of the molecule is CC(C)(C)OC(=O)N1CCC(/C(=N\OCC(F)(F)F)c2ccc(F)cn2)CC1. The fourth-order valence-corrected chi connectivity index (χ4v) is 2.69. The Balaban J connectivity index is 2.09. The molecular formula is C18H23F4N3O3. The van der Waals surface area contributed by atoms with E-state index >= 15 is 0 Å². The third kappa shape index (κ3) is 6.97. The first-order valence-electron chi connectivity index (χ1n) is 8.81. The first kappa shape index (κ1) is 21.9. The van der Waals surface area contributed by atoms with Crippen LogP contribution < -0.4 is 0 Å². The molecule has 156 valence electrons. The molecule has 28 heavy (non-hydrogen) atoms. The zero-order chi connectivity index (χ0) is 20.9. The summed E-state index contributed by atoms with van der Waals surface area (Å²) in [6, 6.07) is 2.49. The predicted octanol–water partition coefficient (Wildman–Crippen LogP) is 4.15. The Bertz CT molecular complexity index is 692. The van der Waals surface area contributed by atoms with Gasteiger partial charge in [0.1, 0.15) is 17.1 Å². The molecular weight excluding hydrogens is 382 g/mol. The van der Waals surface area contributed by atoms with Crippen molar-refractivity contribution in [1.82, 2.24) is 9.88 Å². The lowest BCUT2D eigenvalue weighted by molar-refractivity contribution is -0.173. The summed E-state index contributed by atoms with van der Waals surface area (Å²) in [6.07, 6.45) is -3.13. The number of carbonyl (C=O) groups excluding carboxylic acids is 1. The largest absolute Gasteiger partial charge is 0.444 e. The van der Waals surface area contributed by atoms with Gasteiger partial charge >= 0.3 is 12.3 Å². The molecule has 1 aliphatic rings. The van der Waals surface area contributed by atoms with E-state index in [0.717, 1.165) is 12.3 Å². The van der Waals surface area contributed by atoms with Gasteiger partial charge in [-0.1, -0.05) is 5.16 Å². The Morgan fingerprint density at radius 1 is 1.25 bits per heavy atom. The van der Waals surface area contributed by atoms with Crippen molar-refractivity contribution in [3.05, 3.63) is 29.8 Å². The maximum Gasteiger partial charge on any atom is 0.425 e. The fourth-order valence-electron chi connectivity index (χ4n) is 2.69. The molecule has 0 unspecified atom stereocenters. The number of piperidine rings is 1. The van der Waals surface area contributed by atoms with Gasteiger partial charge < -0.3 is 14.5 Å². The molecule has 10 heteroatoms. The van der Waals surface area contributed by atoms with Crippen molar-refractivity contribution in [2.45, 2.75) is 45.4 Å². The number of rotatable bonds is 4. The van der Waals surface area contributed by atoms with E-state index < -0.39 is 30.3 Å². The molecule has 0 saturated carbocycles. The van der Waals surface area contributed by atoms with Crippen LogP contribution in [-0.4, -0.2) is 53.2 Å². The van der Waals surface area contributed by atoms with Crippen molar-refractivity contribution < 1.29 is 31.9 Å². The normalized spacial score (nSPS) is 16.8. The van der Waals surface area contributed by atoms with Gasteiger partial charge in [0, 0.05) is 19.0 Å². The van der Waals surface area contributed by atoms with Gasteiger partial charge in [-0.05, 0) is 45.7 Å². The Labute approximate surface area is 160 Å².